The number of hydrogen-bond donors (Lipinski definition) is 1. The number of rotatable bonds is 7. The fourth-order valence-corrected chi connectivity index (χ4v) is 4.07. The number of carboxylic acid groups (broad SMARTS) is 1. The second-order valence-electron chi connectivity index (χ2n) is 4.95. The molecule has 0 bridgehead atoms. The maximum Gasteiger partial charge on any atom is 0.320 e. The Labute approximate surface area is 120 Å². The zero-order chi connectivity index (χ0) is 15.3. The van der Waals surface area contributed by atoms with Crippen LogP contribution in [0.15, 0.2) is 0 Å². The number of sulfonamides is 1. The average Bonchev–Trinajstić information content (AvgIpc) is 2.43. The molecule has 0 aromatic heterocycles. The van der Waals surface area contributed by atoms with Crippen LogP contribution in [0.25, 0.3) is 0 Å². The fourth-order valence-electron chi connectivity index (χ4n) is 2.29. The monoisotopic (exact) mass is 308 g/mol. The van der Waals surface area contributed by atoms with E-state index in [1.807, 2.05) is 6.92 Å². The summed E-state index contributed by atoms with van der Waals surface area (Å²) in [6.07, 6.45) is 1.19. The summed E-state index contributed by atoms with van der Waals surface area (Å²) in [6.45, 7) is 4.99. The Kier molecular flexibility index (Phi) is 6.38. The van der Waals surface area contributed by atoms with Gasteiger partial charge in [0.2, 0.25) is 10.0 Å². The first-order valence-electron chi connectivity index (χ1n) is 6.83. The van der Waals surface area contributed by atoms with Gasteiger partial charge in [-0.05, 0) is 13.3 Å². The van der Waals surface area contributed by atoms with Gasteiger partial charge in [-0.2, -0.15) is 4.31 Å². The Bertz CT molecular complexity index is 418. The summed E-state index contributed by atoms with van der Waals surface area (Å²) < 4.78 is 31.3. The molecule has 1 fully saturated rings. The van der Waals surface area contributed by atoms with E-state index >= 15 is 0 Å². The molecule has 1 aliphatic heterocycles. The minimum Gasteiger partial charge on any atom is -0.480 e. The fraction of sp³-hybridized carbons (Fsp3) is 0.917. The van der Waals surface area contributed by atoms with Crippen molar-refractivity contribution in [2.45, 2.75) is 38.2 Å². The molecule has 2 atom stereocenters. The van der Waals surface area contributed by atoms with Crippen molar-refractivity contribution < 1.29 is 23.1 Å². The molecule has 0 aromatic carbocycles. The summed E-state index contributed by atoms with van der Waals surface area (Å²) in [6, 6.07) is -0.589. The van der Waals surface area contributed by atoms with Gasteiger partial charge in [-0.15, -0.1) is 0 Å². The minimum atomic E-state index is -3.47. The highest BCUT2D eigenvalue weighted by Gasteiger charge is 2.35. The van der Waals surface area contributed by atoms with Crippen LogP contribution in [-0.2, 0) is 19.6 Å². The third-order valence-electron chi connectivity index (χ3n) is 3.66. The molecule has 1 saturated heterocycles. The molecule has 8 heteroatoms. The van der Waals surface area contributed by atoms with Crippen molar-refractivity contribution in [3.63, 3.8) is 0 Å². The maximum absolute atomic E-state index is 12.4. The zero-order valence-electron chi connectivity index (χ0n) is 12.3. The maximum atomic E-state index is 12.4. The van der Waals surface area contributed by atoms with Crippen LogP contribution in [0.2, 0.25) is 0 Å². The van der Waals surface area contributed by atoms with E-state index in [4.69, 9.17) is 9.84 Å². The molecule has 118 valence electrons. The summed E-state index contributed by atoms with van der Waals surface area (Å²) in [5, 5.41) is 8.96. The molecular weight excluding hydrogens is 284 g/mol. The first kappa shape index (κ1) is 17.4. The van der Waals surface area contributed by atoms with Crippen LogP contribution in [-0.4, -0.2) is 73.5 Å². The SMILES string of the molecule is CCCC(OC)S(=O)(=O)N1CCN(C(C)C(=O)O)CC1. The van der Waals surface area contributed by atoms with Crippen molar-refractivity contribution in [2.24, 2.45) is 0 Å². The lowest BCUT2D eigenvalue weighted by molar-refractivity contribution is -0.143. The van der Waals surface area contributed by atoms with Gasteiger partial charge in [0, 0.05) is 33.3 Å². The Hall–Kier alpha value is -0.700. The largest absolute Gasteiger partial charge is 0.480 e. The molecule has 0 saturated carbocycles. The van der Waals surface area contributed by atoms with Crippen molar-refractivity contribution in [3.05, 3.63) is 0 Å². The standard InChI is InChI=1S/C12H24N2O5S/c1-4-5-11(19-3)20(17,18)14-8-6-13(7-9-14)10(2)12(15)16/h10-11H,4-9H2,1-3H3,(H,15,16). The van der Waals surface area contributed by atoms with Gasteiger partial charge >= 0.3 is 5.97 Å². The second-order valence-corrected chi connectivity index (χ2v) is 7.02. The smallest absolute Gasteiger partial charge is 0.320 e. The molecule has 1 aliphatic rings. The van der Waals surface area contributed by atoms with E-state index in [2.05, 4.69) is 0 Å². The number of piperazine rings is 1. The summed E-state index contributed by atoms with van der Waals surface area (Å²) in [7, 11) is -2.07. The number of carboxylic acids is 1. The number of nitrogens with zero attached hydrogens (tertiary/aromatic N) is 2. The Morgan fingerprint density at radius 1 is 1.30 bits per heavy atom. The van der Waals surface area contributed by atoms with Gasteiger partial charge in [0.1, 0.15) is 6.04 Å². The number of methoxy groups -OCH3 is 1. The lowest BCUT2D eigenvalue weighted by Gasteiger charge is -2.37. The van der Waals surface area contributed by atoms with Gasteiger partial charge in [0.15, 0.2) is 5.44 Å². The van der Waals surface area contributed by atoms with Crippen LogP contribution in [0.3, 0.4) is 0 Å². The highest BCUT2D eigenvalue weighted by molar-refractivity contribution is 7.89. The summed E-state index contributed by atoms with van der Waals surface area (Å²) >= 11 is 0. The van der Waals surface area contributed by atoms with E-state index in [0.717, 1.165) is 6.42 Å². The van der Waals surface area contributed by atoms with Crippen LogP contribution in [0.4, 0.5) is 0 Å². The van der Waals surface area contributed by atoms with Gasteiger partial charge < -0.3 is 9.84 Å². The Morgan fingerprint density at radius 3 is 2.25 bits per heavy atom. The van der Waals surface area contributed by atoms with E-state index in [9.17, 15) is 13.2 Å². The number of carbonyl (C=O) groups is 1. The van der Waals surface area contributed by atoms with Crippen molar-refractivity contribution >= 4 is 16.0 Å². The van der Waals surface area contributed by atoms with Gasteiger partial charge in [-0.25, -0.2) is 8.42 Å². The lowest BCUT2D eigenvalue weighted by Crippen LogP contribution is -2.54. The van der Waals surface area contributed by atoms with Gasteiger partial charge in [-0.3, -0.25) is 9.69 Å². The molecule has 0 radical (unpaired) electrons. The van der Waals surface area contributed by atoms with Crippen molar-refractivity contribution in [2.75, 3.05) is 33.3 Å². The average molecular weight is 308 g/mol. The van der Waals surface area contributed by atoms with Crippen molar-refractivity contribution in [1.82, 2.24) is 9.21 Å². The normalized spacial score (nSPS) is 21.6. The number of ether oxygens (including phenoxy) is 1. The van der Waals surface area contributed by atoms with Crippen LogP contribution in [0.5, 0.6) is 0 Å². The Balaban J connectivity index is 2.66. The zero-order valence-corrected chi connectivity index (χ0v) is 13.1. The number of aliphatic carboxylic acids is 1. The van der Waals surface area contributed by atoms with E-state index in [1.54, 1.807) is 11.8 Å². The van der Waals surface area contributed by atoms with Crippen molar-refractivity contribution in [3.8, 4) is 0 Å². The summed E-state index contributed by atoms with van der Waals surface area (Å²) in [5.74, 6) is -0.887. The van der Waals surface area contributed by atoms with Gasteiger partial charge in [0.25, 0.3) is 0 Å². The minimum absolute atomic E-state index is 0.309. The van der Waals surface area contributed by atoms with Crippen LogP contribution in [0.1, 0.15) is 26.7 Å². The molecule has 0 aliphatic carbocycles. The molecule has 2 unspecified atom stereocenters. The molecule has 1 rings (SSSR count). The number of hydrogen-bond acceptors (Lipinski definition) is 5. The summed E-state index contributed by atoms with van der Waals surface area (Å²) in [4.78, 5) is 12.7. The highest BCUT2D eigenvalue weighted by Crippen LogP contribution is 2.18. The summed E-state index contributed by atoms with van der Waals surface area (Å²) in [5.41, 5.74) is -0.809. The molecule has 1 N–H and O–H groups in total. The second kappa shape index (κ2) is 7.35. The molecular formula is C12H24N2O5S. The van der Waals surface area contributed by atoms with E-state index < -0.39 is 27.5 Å². The van der Waals surface area contributed by atoms with E-state index in [1.165, 1.54) is 11.4 Å². The predicted octanol–water partition coefficient (Wildman–Crippen LogP) is 0.180. The third-order valence-corrected chi connectivity index (χ3v) is 5.84. The molecule has 1 heterocycles. The predicted molar refractivity (Wildman–Crippen MR) is 74.9 cm³/mol. The highest BCUT2D eigenvalue weighted by atomic mass is 32.2. The quantitative estimate of drug-likeness (QED) is 0.722. The van der Waals surface area contributed by atoms with Crippen LogP contribution < -0.4 is 0 Å². The third kappa shape index (κ3) is 3.91. The first-order chi connectivity index (χ1) is 9.34. The molecule has 7 nitrogen and oxygen atoms in total. The van der Waals surface area contributed by atoms with Gasteiger partial charge in [0.05, 0.1) is 0 Å². The molecule has 0 aromatic rings. The van der Waals surface area contributed by atoms with E-state index in [0.29, 0.717) is 32.6 Å². The van der Waals surface area contributed by atoms with E-state index in [-0.39, 0.29) is 0 Å². The Morgan fingerprint density at radius 2 is 1.85 bits per heavy atom. The molecule has 0 spiro atoms. The van der Waals surface area contributed by atoms with Crippen LogP contribution in [0, 0.1) is 0 Å². The topological polar surface area (TPSA) is 87.2 Å². The lowest BCUT2D eigenvalue weighted by atomic mass is 10.2. The first-order valence-corrected chi connectivity index (χ1v) is 8.33. The molecule has 0 amide bonds. The molecule has 20 heavy (non-hydrogen) atoms. The van der Waals surface area contributed by atoms with Crippen LogP contribution >= 0.6 is 0 Å². The van der Waals surface area contributed by atoms with Gasteiger partial charge in [-0.1, -0.05) is 13.3 Å². The van der Waals surface area contributed by atoms with Crippen molar-refractivity contribution in [1.29, 1.82) is 0 Å².